The highest BCUT2D eigenvalue weighted by atomic mass is 79.9. The molecule has 0 unspecified atom stereocenters. The molecule has 0 spiro atoms. The quantitative estimate of drug-likeness (QED) is 0.465. The molecule has 0 aliphatic heterocycles. The Morgan fingerprint density at radius 2 is 1.33 bits per heavy atom. The van der Waals surface area contributed by atoms with Gasteiger partial charge in [0.1, 0.15) is 11.2 Å². The van der Waals surface area contributed by atoms with Gasteiger partial charge in [0.05, 0.1) is 15.7 Å². The van der Waals surface area contributed by atoms with Crippen molar-refractivity contribution in [1.29, 1.82) is 0 Å². The van der Waals surface area contributed by atoms with Crippen molar-refractivity contribution >= 4 is 33.8 Å². The van der Waals surface area contributed by atoms with Crippen LogP contribution in [-0.2, 0) is 15.7 Å². The van der Waals surface area contributed by atoms with Crippen molar-refractivity contribution in [1.82, 2.24) is 0 Å². The molecule has 0 radical (unpaired) electrons. The van der Waals surface area contributed by atoms with Gasteiger partial charge in [-0.3, -0.25) is 0 Å². The van der Waals surface area contributed by atoms with E-state index in [0.717, 1.165) is 0 Å². The predicted molar refractivity (Wildman–Crippen MR) is 94.0 cm³/mol. The van der Waals surface area contributed by atoms with Gasteiger partial charge >= 0.3 is 18.4 Å². The number of rotatable bonds is 1. The predicted octanol–water partition coefficient (Wildman–Crippen LogP) is 6.28. The standard InChI is InChI=1S/C17H20BrF4NO4/c1-15(2,3)26-13(24)23(14(25)27-16(4,5)6)10-8-7-9(17(20,21)22)11(18)12(10)19/h7-8H,1-6H3. The summed E-state index contributed by atoms with van der Waals surface area (Å²) in [6.07, 6.45) is -7.41. The lowest BCUT2D eigenvalue weighted by Gasteiger charge is -2.29. The summed E-state index contributed by atoms with van der Waals surface area (Å²) in [4.78, 5) is 25.1. The lowest BCUT2D eigenvalue weighted by atomic mass is 10.1. The summed E-state index contributed by atoms with van der Waals surface area (Å²) in [7, 11) is 0. The largest absolute Gasteiger partial charge is 0.443 e. The summed E-state index contributed by atoms with van der Waals surface area (Å²) in [5, 5.41) is 0. The third kappa shape index (κ3) is 6.37. The molecule has 0 atom stereocenters. The number of anilines is 1. The summed E-state index contributed by atoms with van der Waals surface area (Å²) < 4.78 is 62.6. The molecule has 0 N–H and O–H groups in total. The van der Waals surface area contributed by atoms with Crippen LogP contribution in [-0.4, -0.2) is 23.4 Å². The minimum absolute atomic E-state index is 0.219. The normalized spacial score (nSPS) is 12.6. The number of carbonyl (C=O) groups excluding carboxylic acids is 2. The van der Waals surface area contributed by atoms with Gasteiger partial charge in [-0.05, 0) is 69.6 Å². The number of ether oxygens (including phenoxy) is 2. The van der Waals surface area contributed by atoms with Gasteiger partial charge in [0.25, 0.3) is 0 Å². The number of hydrogen-bond donors (Lipinski definition) is 0. The van der Waals surface area contributed by atoms with E-state index in [1.54, 1.807) is 0 Å². The number of hydrogen-bond acceptors (Lipinski definition) is 4. The SMILES string of the molecule is CC(C)(C)OC(=O)N(C(=O)OC(C)(C)C)c1ccc(C(F)(F)F)c(Br)c1F. The van der Waals surface area contributed by atoms with E-state index in [1.807, 2.05) is 0 Å². The maximum absolute atomic E-state index is 14.6. The van der Waals surface area contributed by atoms with Crippen molar-refractivity contribution in [3.8, 4) is 0 Å². The second-order valence-corrected chi connectivity index (χ2v) is 8.35. The van der Waals surface area contributed by atoms with Gasteiger partial charge in [-0.15, -0.1) is 0 Å². The first-order chi connectivity index (χ1) is 11.9. The molecule has 0 saturated carbocycles. The van der Waals surface area contributed by atoms with Crippen LogP contribution in [0.5, 0.6) is 0 Å². The minimum Gasteiger partial charge on any atom is -0.443 e. The van der Waals surface area contributed by atoms with E-state index in [1.165, 1.54) is 41.5 Å². The molecule has 1 aromatic carbocycles. The summed E-state index contributed by atoms with van der Waals surface area (Å²) in [6.45, 7) is 9.07. The fraction of sp³-hybridized carbons (Fsp3) is 0.529. The lowest BCUT2D eigenvalue weighted by Crippen LogP contribution is -2.44. The second-order valence-electron chi connectivity index (χ2n) is 7.55. The molecule has 2 amide bonds. The second kappa shape index (κ2) is 7.65. The highest BCUT2D eigenvalue weighted by molar-refractivity contribution is 9.10. The first-order valence-electron chi connectivity index (χ1n) is 7.75. The summed E-state index contributed by atoms with van der Waals surface area (Å²) in [5.74, 6) is -1.46. The Morgan fingerprint density at radius 3 is 1.67 bits per heavy atom. The molecule has 152 valence electrons. The average Bonchev–Trinajstić information content (AvgIpc) is 2.38. The van der Waals surface area contributed by atoms with Crippen LogP contribution in [0.1, 0.15) is 47.1 Å². The number of amides is 2. The monoisotopic (exact) mass is 457 g/mol. The van der Waals surface area contributed by atoms with Crippen LogP contribution in [0.15, 0.2) is 16.6 Å². The molecule has 0 aliphatic carbocycles. The van der Waals surface area contributed by atoms with Gasteiger partial charge in [0, 0.05) is 0 Å². The van der Waals surface area contributed by atoms with Crippen molar-refractivity contribution < 1.29 is 36.6 Å². The van der Waals surface area contributed by atoms with Crippen molar-refractivity contribution in [2.24, 2.45) is 0 Å². The molecular weight excluding hydrogens is 438 g/mol. The summed E-state index contributed by atoms with van der Waals surface area (Å²) >= 11 is 2.53. The molecule has 5 nitrogen and oxygen atoms in total. The molecule has 1 aromatic rings. The fourth-order valence-electron chi connectivity index (χ4n) is 1.82. The van der Waals surface area contributed by atoms with Gasteiger partial charge in [-0.25, -0.2) is 14.0 Å². The summed E-state index contributed by atoms with van der Waals surface area (Å²) in [6, 6.07) is 1.21. The van der Waals surface area contributed by atoms with E-state index in [4.69, 9.17) is 9.47 Å². The van der Waals surface area contributed by atoms with Gasteiger partial charge in [-0.2, -0.15) is 18.1 Å². The molecular formula is C17H20BrF4NO4. The lowest BCUT2D eigenvalue weighted by molar-refractivity contribution is -0.138. The topological polar surface area (TPSA) is 55.8 Å². The van der Waals surface area contributed by atoms with Crippen LogP contribution < -0.4 is 4.90 Å². The number of halogens is 5. The van der Waals surface area contributed by atoms with Crippen LogP contribution in [0.3, 0.4) is 0 Å². The fourth-order valence-corrected chi connectivity index (χ4v) is 2.38. The first-order valence-corrected chi connectivity index (χ1v) is 8.54. The third-order valence-electron chi connectivity index (χ3n) is 2.76. The van der Waals surface area contributed by atoms with E-state index in [-0.39, 0.29) is 4.90 Å². The highest BCUT2D eigenvalue weighted by Gasteiger charge is 2.39. The molecule has 27 heavy (non-hydrogen) atoms. The molecule has 0 saturated heterocycles. The minimum atomic E-state index is -4.83. The maximum atomic E-state index is 14.6. The van der Waals surface area contributed by atoms with Crippen LogP contribution in [0.25, 0.3) is 0 Å². The zero-order valence-electron chi connectivity index (χ0n) is 15.6. The Balaban J connectivity index is 3.49. The van der Waals surface area contributed by atoms with Crippen LogP contribution >= 0.6 is 15.9 Å². The van der Waals surface area contributed by atoms with Gasteiger partial charge < -0.3 is 9.47 Å². The van der Waals surface area contributed by atoms with E-state index in [2.05, 4.69) is 15.9 Å². The van der Waals surface area contributed by atoms with Crippen LogP contribution in [0, 0.1) is 5.82 Å². The first kappa shape index (κ1) is 23.2. The van der Waals surface area contributed by atoms with Crippen molar-refractivity contribution in [3.05, 3.63) is 28.0 Å². The van der Waals surface area contributed by atoms with E-state index in [9.17, 15) is 27.2 Å². The molecule has 1 rings (SSSR count). The Kier molecular flexibility index (Phi) is 6.57. The Labute approximate surface area is 162 Å². The Hall–Kier alpha value is -1.84. The van der Waals surface area contributed by atoms with Crippen molar-refractivity contribution in [3.63, 3.8) is 0 Å². The zero-order valence-corrected chi connectivity index (χ0v) is 17.2. The van der Waals surface area contributed by atoms with Crippen molar-refractivity contribution in [2.45, 2.75) is 58.9 Å². The molecule has 10 heteroatoms. The number of imide groups is 1. The number of carbonyl (C=O) groups is 2. The highest BCUT2D eigenvalue weighted by Crippen LogP contribution is 2.39. The molecule has 0 aliphatic rings. The van der Waals surface area contributed by atoms with Crippen LogP contribution in [0.4, 0.5) is 32.8 Å². The smallest absolute Gasteiger partial charge is 0.424 e. The maximum Gasteiger partial charge on any atom is 0.424 e. The van der Waals surface area contributed by atoms with E-state index >= 15 is 0 Å². The Bertz CT molecular complexity index is 708. The van der Waals surface area contributed by atoms with Gasteiger partial charge in [-0.1, -0.05) is 0 Å². The number of benzene rings is 1. The number of nitrogens with zero attached hydrogens (tertiary/aromatic N) is 1. The number of alkyl halides is 3. The zero-order chi connectivity index (χ0) is 21.4. The van der Waals surface area contributed by atoms with Crippen molar-refractivity contribution in [2.75, 3.05) is 4.90 Å². The molecule has 0 fully saturated rings. The molecule has 0 heterocycles. The van der Waals surface area contributed by atoms with E-state index < -0.39 is 51.1 Å². The van der Waals surface area contributed by atoms with Gasteiger partial charge in [0.15, 0.2) is 5.82 Å². The van der Waals surface area contributed by atoms with Gasteiger partial charge in [0.2, 0.25) is 0 Å². The molecule has 0 aromatic heterocycles. The average molecular weight is 458 g/mol. The third-order valence-corrected chi connectivity index (χ3v) is 3.54. The van der Waals surface area contributed by atoms with E-state index in [0.29, 0.717) is 12.1 Å². The molecule has 0 bridgehead atoms. The Morgan fingerprint density at radius 1 is 0.926 bits per heavy atom. The summed E-state index contributed by atoms with van der Waals surface area (Å²) in [5.41, 5.74) is -4.12. The van der Waals surface area contributed by atoms with Crippen LogP contribution in [0.2, 0.25) is 0 Å².